The topological polar surface area (TPSA) is 79.5 Å². The van der Waals surface area contributed by atoms with Gasteiger partial charge >= 0.3 is 6.03 Å². The highest BCUT2D eigenvalue weighted by atomic mass is 16.5. The minimum absolute atomic E-state index is 0.0856. The Morgan fingerprint density at radius 3 is 2.46 bits per heavy atom. The van der Waals surface area contributed by atoms with E-state index in [0.717, 1.165) is 12.0 Å². The number of carbonyl (C=O) groups excluding carboxylic acids is 2. The van der Waals surface area contributed by atoms with Crippen LogP contribution in [0.4, 0.5) is 10.5 Å². The molecule has 0 aliphatic rings. The summed E-state index contributed by atoms with van der Waals surface area (Å²) in [4.78, 5) is 24.0. The summed E-state index contributed by atoms with van der Waals surface area (Å²) in [5.41, 5.74) is 1.64. The quantitative estimate of drug-likeness (QED) is 0.683. The molecule has 0 unspecified atom stereocenters. The number of ether oxygens (including phenoxy) is 1. The van der Waals surface area contributed by atoms with E-state index in [1.54, 1.807) is 13.0 Å². The molecule has 0 spiro atoms. The summed E-state index contributed by atoms with van der Waals surface area (Å²) in [7, 11) is 0. The summed E-state index contributed by atoms with van der Waals surface area (Å²) in [6, 6.07) is 6.51. The van der Waals surface area contributed by atoms with Gasteiger partial charge in [0, 0.05) is 11.7 Å². The highest BCUT2D eigenvalue weighted by Gasteiger charge is 2.16. The fourth-order valence-electron chi connectivity index (χ4n) is 1.90. The van der Waals surface area contributed by atoms with Crippen LogP contribution in [0, 0.1) is 0 Å². The predicted molar refractivity (Wildman–Crippen MR) is 95.9 cm³/mol. The van der Waals surface area contributed by atoms with Gasteiger partial charge in [-0.15, -0.1) is 0 Å². The average Bonchev–Trinajstić information content (AvgIpc) is 2.52. The number of urea groups is 1. The highest BCUT2D eigenvalue weighted by molar-refractivity contribution is 5.93. The minimum atomic E-state index is -0.605. The first-order chi connectivity index (χ1) is 11.3. The van der Waals surface area contributed by atoms with E-state index in [2.05, 4.69) is 16.0 Å². The van der Waals surface area contributed by atoms with E-state index in [1.165, 1.54) is 0 Å². The SMILES string of the molecule is CC[C@@H](C)NC(=O)[C@@H](C)NC(=O)Nc1cccc(COC(C)C)c1. The zero-order chi connectivity index (χ0) is 18.1. The van der Waals surface area contributed by atoms with Crippen molar-refractivity contribution in [3.63, 3.8) is 0 Å². The highest BCUT2D eigenvalue weighted by Crippen LogP contribution is 2.12. The molecule has 0 bridgehead atoms. The molecule has 1 aromatic rings. The molecule has 3 amide bonds. The van der Waals surface area contributed by atoms with Gasteiger partial charge in [0.25, 0.3) is 0 Å². The van der Waals surface area contributed by atoms with Crippen LogP contribution in [0.25, 0.3) is 0 Å². The molecule has 2 atom stereocenters. The van der Waals surface area contributed by atoms with E-state index in [-0.39, 0.29) is 18.1 Å². The number of anilines is 1. The maximum absolute atomic E-state index is 12.0. The number of hydrogen-bond donors (Lipinski definition) is 3. The molecule has 134 valence electrons. The van der Waals surface area contributed by atoms with Crippen LogP contribution in [0.15, 0.2) is 24.3 Å². The molecule has 24 heavy (non-hydrogen) atoms. The second-order valence-corrected chi connectivity index (χ2v) is 6.20. The van der Waals surface area contributed by atoms with Gasteiger partial charge in [-0.1, -0.05) is 19.1 Å². The zero-order valence-electron chi connectivity index (χ0n) is 15.2. The molecule has 3 N–H and O–H groups in total. The molecule has 1 rings (SSSR count). The van der Waals surface area contributed by atoms with Gasteiger partial charge in [0.2, 0.25) is 5.91 Å². The third-order valence-electron chi connectivity index (χ3n) is 3.51. The van der Waals surface area contributed by atoms with Gasteiger partial charge in [0.05, 0.1) is 12.7 Å². The summed E-state index contributed by atoms with van der Waals surface area (Å²) in [6.07, 6.45) is 0.991. The van der Waals surface area contributed by atoms with Crippen LogP contribution in [0.5, 0.6) is 0 Å². The molecule has 0 aliphatic heterocycles. The monoisotopic (exact) mass is 335 g/mol. The van der Waals surface area contributed by atoms with Crippen molar-refractivity contribution in [1.29, 1.82) is 0 Å². The van der Waals surface area contributed by atoms with Crippen LogP contribution in [-0.2, 0) is 16.1 Å². The van der Waals surface area contributed by atoms with E-state index < -0.39 is 12.1 Å². The van der Waals surface area contributed by atoms with Crippen LogP contribution in [0.2, 0.25) is 0 Å². The van der Waals surface area contributed by atoms with Crippen molar-refractivity contribution in [2.75, 3.05) is 5.32 Å². The lowest BCUT2D eigenvalue weighted by molar-refractivity contribution is -0.123. The van der Waals surface area contributed by atoms with E-state index >= 15 is 0 Å². The van der Waals surface area contributed by atoms with Crippen LogP contribution in [0.1, 0.15) is 46.6 Å². The number of rotatable bonds is 8. The van der Waals surface area contributed by atoms with Crippen molar-refractivity contribution in [2.24, 2.45) is 0 Å². The number of carbonyl (C=O) groups is 2. The number of hydrogen-bond acceptors (Lipinski definition) is 3. The number of amides is 3. The maximum atomic E-state index is 12.0. The molecular weight excluding hydrogens is 306 g/mol. The summed E-state index contributed by atoms with van der Waals surface area (Å²) in [5, 5.41) is 8.21. The third-order valence-corrected chi connectivity index (χ3v) is 3.51. The lowest BCUT2D eigenvalue weighted by Crippen LogP contribution is -2.48. The van der Waals surface area contributed by atoms with Gasteiger partial charge in [0.15, 0.2) is 0 Å². The predicted octanol–water partition coefficient (Wildman–Crippen LogP) is 3.04. The van der Waals surface area contributed by atoms with Crippen LogP contribution in [0.3, 0.4) is 0 Å². The normalized spacial score (nSPS) is 13.2. The lowest BCUT2D eigenvalue weighted by Gasteiger charge is -2.18. The Bertz CT molecular complexity index is 546. The Kier molecular flexibility index (Phi) is 8.26. The summed E-state index contributed by atoms with van der Waals surface area (Å²) in [5.74, 6) is -0.196. The average molecular weight is 335 g/mol. The smallest absolute Gasteiger partial charge is 0.319 e. The Morgan fingerprint density at radius 2 is 1.83 bits per heavy atom. The Morgan fingerprint density at radius 1 is 1.12 bits per heavy atom. The fourth-order valence-corrected chi connectivity index (χ4v) is 1.90. The molecular formula is C18H29N3O3. The minimum Gasteiger partial charge on any atom is -0.374 e. The van der Waals surface area contributed by atoms with E-state index in [4.69, 9.17) is 4.74 Å². The molecule has 0 aliphatic carbocycles. The van der Waals surface area contributed by atoms with Crippen LogP contribution < -0.4 is 16.0 Å². The molecule has 0 saturated carbocycles. The number of nitrogens with one attached hydrogen (secondary N) is 3. The first kappa shape index (κ1) is 20.0. The summed E-state index contributed by atoms with van der Waals surface area (Å²) < 4.78 is 5.55. The maximum Gasteiger partial charge on any atom is 0.319 e. The Hall–Kier alpha value is -2.08. The molecule has 0 fully saturated rings. The molecule has 6 heteroatoms. The van der Waals surface area contributed by atoms with E-state index in [0.29, 0.717) is 12.3 Å². The van der Waals surface area contributed by atoms with Crippen LogP contribution >= 0.6 is 0 Å². The Balaban J connectivity index is 2.52. The van der Waals surface area contributed by atoms with Gasteiger partial charge in [-0.05, 0) is 51.8 Å². The number of benzene rings is 1. The van der Waals surface area contributed by atoms with Crippen molar-refractivity contribution in [3.05, 3.63) is 29.8 Å². The largest absolute Gasteiger partial charge is 0.374 e. The third kappa shape index (κ3) is 7.46. The first-order valence-corrected chi connectivity index (χ1v) is 8.40. The van der Waals surface area contributed by atoms with E-state index in [1.807, 2.05) is 45.9 Å². The van der Waals surface area contributed by atoms with Crippen molar-refractivity contribution in [1.82, 2.24) is 10.6 Å². The van der Waals surface area contributed by atoms with Gasteiger partial charge < -0.3 is 20.7 Å². The van der Waals surface area contributed by atoms with Crippen molar-refractivity contribution in [2.45, 2.75) is 65.8 Å². The second kappa shape index (κ2) is 9.93. The fraction of sp³-hybridized carbons (Fsp3) is 0.556. The molecule has 0 radical (unpaired) electrons. The van der Waals surface area contributed by atoms with Crippen molar-refractivity contribution < 1.29 is 14.3 Å². The van der Waals surface area contributed by atoms with Gasteiger partial charge in [0.1, 0.15) is 6.04 Å². The second-order valence-electron chi connectivity index (χ2n) is 6.20. The molecule has 0 saturated heterocycles. The lowest BCUT2D eigenvalue weighted by atomic mass is 10.2. The van der Waals surface area contributed by atoms with Crippen LogP contribution in [-0.4, -0.2) is 30.1 Å². The standard InChI is InChI=1S/C18H29N3O3/c1-6-13(4)19-17(22)14(5)20-18(23)21-16-9-7-8-15(10-16)11-24-12(2)3/h7-10,12-14H,6,11H2,1-5H3,(H,19,22)(H2,20,21,23)/t13-,14-/m1/s1. The van der Waals surface area contributed by atoms with Gasteiger partial charge in [-0.3, -0.25) is 4.79 Å². The van der Waals surface area contributed by atoms with Gasteiger partial charge in [-0.2, -0.15) is 0 Å². The molecule has 0 heterocycles. The summed E-state index contributed by atoms with van der Waals surface area (Å²) >= 11 is 0. The van der Waals surface area contributed by atoms with E-state index in [9.17, 15) is 9.59 Å². The van der Waals surface area contributed by atoms with Crippen molar-refractivity contribution in [3.8, 4) is 0 Å². The van der Waals surface area contributed by atoms with Gasteiger partial charge in [-0.25, -0.2) is 4.79 Å². The molecule has 0 aromatic heterocycles. The zero-order valence-corrected chi connectivity index (χ0v) is 15.2. The first-order valence-electron chi connectivity index (χ1n) is 8.40. The van der Waals surface area contributed by atoms with Crippen molar-refractivity contribution >= 4 is 17.6 Å². The molecule has 6 nitrogen and oxygen atoms in total. The Labute approximate surface area is 144 Å². The summed E-state index contributed by atoms with van der Waals surface area (Å²) in [6.45, 7) is 10.0. The molecule has 1 aromatic carbocycles.